The Morgan fingerprint density at radius 1 is 1.64 bits per heavy atom. The van der Waals surface area contributed by atoms with Crippen LogP contribution in [0.3, 0.4) is 0 Å². The minimum atomic E-state index is 0.660. The summed E-state index contributed by atoms with van der Waals surface area (Å²) in [7, 11) is 1.71. The van der Waals surface area contributed by atoms with Gasteiger partial charge in [-0.2, -0.15) is 0 Å². The zero-order valence-corrected chi connectivity index (χ0v) is 7.13. The summed E-state index contributed by atoms with van der Waals surface area (Å²) in [5.74, 6) is 1.13. The van der Waals surface area contributed by atoms with Gasteiger partial charge in [0.25, 0.3) is 5.82 Å². The summed E-state index contributed by atoms with van der Waals surface area (Å²) >= 11 is 0. The van der Waals surface area contributed by atoms with E-state index < -0.39 is 0 Å². The van der Waals surface area contributed by atoms with E-state index in [2.05, 4.69) is 16.5 Å². The van der Waals surface area contributed by atoms with Gasteiger partial charge in [0, 0.05) is 7.11 Å². The second-order valence-corrected chi connectivity index (χ2v) is 2.53. The molecule has 1 rings (SSSR count). The van der Waals surface area contributed by atoms with E-state index in [-0.39, 0.29) is 0 Å². The Morgan fingerprint density at radius 2 is 2.45 bits per heavy atom. The molecule has 3 nitrogen and oxygen atoms in total. The molecule has 0 unspecified atom stereocenters. The lowest BCUT2D eigenvalue weighted by molar-refractivity contribution is -0.704. The molecule has 1 aromatic rings. The van der Waals surface area contributed by atoms with E-state index in [0.717, 1.165) is 18.8 Å². The fourth-order valence-electron chi connectivity index (χ4n) is 1.11. The summed E-state index contributed by atoms with van der Waals surface area (Å²) in [5.41, 5.74) is 0. The average Bonchev–Trinajstić information content (AvgIpc) is 2.39. The number of hydrogen-bond acceptors (Lipinski definition) is 1. The van der Waals surface area contributed by atoms with Crippen molar-refractivity contribution in [1.29, 1.82) is 0 Å². The van der Waals surface area contributed by atoms with Gasteiger partial charge in [-0.05, 0) is 6.42 Å². The van der Waals surface area contributed by atoms with Gasteiger partial charge in [-0.25, -0.2) is 9.55 Å². The molecule has 0 saturated carbocycles. The summed E-state index contributed by atoms with van der Waals surface area (Å²) in [6.07, 6.45) is 5.13. The highest BCUT2D eigenvalue weighted by molar-refractivity contribution is 4.73. The summed E-state index contributed by atoms with van der Waals surface area (Å²) < 4.78 is 7.19. The number of aromatic amines is 1. The monoisotopic (exact) mass is 155 g/mol. The second-order valence-electron chi connectivity index (χ2n) is 2.53. The highest BCUT2D eigenvalue weighted by Gasteiger charge is 2.07. The summed E-state index contributed by atoms with van der Waals surface area (Å²) in [5, 5.41) is 0. The number of rotatable bonds is 4. The maximum absolute atomic E-state index is 5.02. The number of nitrogens with one attached hydrogen (secondary N) is 1. The molecule has 1 N–H and O–H groups in total. The van der Waals surface area contributed by atoms with E-state index in [1.165, 1.54) is 0 Å². The quantitative estimate of drug-likeness (QED) is 0.642. The summed E-state index contributed by atoms with van der Waals surface area (Å²) in [6.45, 7) is 3.88. The number of aromatic nitrogens is 2. The SMILES string of the molecule is CCC[n+]1cc[nH]c1COC. The van der Waals surface area contributed by atoms with Crippen molar-refractivity contribution in [1.82, 2.24) is 4.98 Å². The van der Waals surface area contributed by atoms with Gasteiger partial charge in [-0.1, -0.05) is 6.92 Å². The van der Waals surface area contributed by atoms with Gasteiger partial charge in [0.05, 0.1) is 6.54 Å². The first kappa shape index (κ1) is 8.27. The third-order valence-corrected chi connectivity index (χ3v) is 1.60. The van der Waals surface area contributed by atoms with Crippen LogP contribution in [0.1, 0.15) is 19.2 Å². The fraction of sp³-hybridized carbons (Fsp3) is 0.625. The minimum Gasteiger partial charge on any atom is -0.372 e. The van der Waals surface area contributed by atoms with E-state index in [9.17, 15) is 0 Å². The molecule has 0 bridgehead atoms. The van der Waals surface area contributed by atoms with Crippen LogP contribution in [-0.2, 0) is 17.9 Å². The lowest BCUT2D eigenvalue weighted by atomic mass is 10.4. The number of H-pyrrole nitrogens is 1. The van der Waals surface area contributed by atoms with Gasteiger partial charge in [0.1, 0.15) is 19.0 Å². The zero-order valence-electron chi connectivity index (χ0n) is 7.13. The Kier molecular flexibility index (Phi) is 3.11. The number of aryl methyl sites for hydroxylation is 1. The van der Waals surface area contributed by atoms with Gasteiger partial charge in [0.15, 0.2) is 0 Å². The van der Waals surface area contributed by atoms with Crippen molar-refractivity contribution in [2.75, 3.05) is 7.11 Å². The van der Waals surface area contributed by atoms with Gasteiger partial charge < -0.3 is 4.74 Å². The van der Waals surface area contributed by atoms with Crippen molar-refractivity contribution in [2.45, 2.75) is 26.5 Å². The van der Waals surface area contributed by atoms with Crippen molar-refractivity contribution in [3.8, 4) is 0 Å². The van der Waals surface area contributed by atoms with Crippen LogP contribution in [0.25, 0.3) is 0 Å². The topological polar surface area (TPSA) is 28.9 Å². The van der Waals surface area contributed by atoms with Crippen LogP contribution in [-0.4, -0.2) is 12.1 Å². The maximum Gasteiger partial charge on any atom is 0.280 e. The molecular formula is C8H15N2O+. The lowest BCUT2D eigenvalue weighted by Gasteiger charge is -1.96. The third kappa shape index (κ3) is 2.05. The predicted octanol–water partition coefficient (Wildman–Crippen LogP) is 0.859. The van der Waals surface area contributed by atoms with E-state index in [4.69, 9.17) is 4.74 Å². The molecule has 0 amide bonds. The van der Waals surface area contributed by atoms with E-state index in [0.29, 0.717) is 6.61 Å². The number of hydrogen-bond donors (Lipinski definition) is 1. The van der Waals surface area contributed by atoms with Gasteiger partial charge >= 0.3 is 0 Å². The number of methoxy groups -OCH3 is 1. The first-order valence-corrected chi connectivity index (χ1v) is 3.93. The van der Waals surface area contributed by atoms with Crippen molar-refractivity contribution in [3.63, 3.8) is 0 Å². The van der Waals surface area contributed by atoms with E-state index in [1.807, 2.05) is 12.4 Å². The molecule has 0 aliphatic heterocycles. The maximum atomic E-state index is 5.02. The predicted molar refractivity (Wildman–Crippen MR) is 42.0 cm³/mol. The number of imidazole rings is 1. The van der Waals surface area contributed by atoms with Crippen LogP contribution in [0.2, 0.25) is 0 Å². The molecule has 0 aromatic carbocycles. The molecule has 11 heavy (non-hydrogen) atoms. The third-order valence-electron chi connectivity index (χ3n) is 1.60. The van der Waals surface area contributed by atoms with Gasteiger partial charge in [0.2, 0.25) is 0 Å². The Hall–Kier alpha value is -0.830. The molecule has 0 aliphatic rings. The molecule has 0 radical (unpaired) electrons. The van der Waals surface area contributed by atoms with Crippen molar-refractivity contribution < 1.29 is 9.30 Å². The largest absolute Gasteiger partial charge is 0.372 e. The van der Waals surface area contributed by atoms with Crippen molar-refractivity contribution in [2.24, 2.45) is 0 Å². The molecule has 3 heteroatoms. The Balaban J connectivity index is 2.62. The van der Waals surface area contributed by atoms with Crippen LogP contribution in [0.15, 0.2) is 12.4 Å². The Labute approximate surface area is 67.0 Å². The second kappa shape index (κ2) is 4.13. The zero-order chi connectivity index (χ0) is 8.10. The van der Waals surface area contributed by atoms with E-state index >= 15 is 0 Å². The fourth-order valence-corrected chi connectivity index (χ4v) is 1.11. The smallest absolute Gasteiger partial charge is 0.280 e. The molecule has 1 heterocycles. The molecule has 0 spiro atoms. The molecule has 1 aromatic heterocycles. The van der Waals surface area contributed by atoms with Crippen molar-refractivity contribution in [3.05, 3.63) is 18.2 Å². The highest BCUT2D eigenvalue weighted by Crippen LogP contribution is 1.89. The van der Waals surface area contributed by atoms with Crippen LogP contribution >= 0.6 is 0 Å². The minimum absolute atomic E-state index is 0.660. The van der Waals surface area contributed by atoms with Crippen LogP contribution < -0.4 is 4.57 Å². The normalized spacial score (nSPS) is 10.4. The molecule has 0 atom stereocenters. The first-order chi connectivity index (χ1) is 5.38. The van der Waals surface area contributed by atoms with Crippen LogP contribution in [0.5, 0.6) is 0 Å². The standard InChI is InChI=1S/C8H14N2O/c1-3-5-10-6-4-9-8(10)7-11-2/h4,6H,3,5,7H2,1-2H3/p+1. The molecular weight excluding hydrogens is 140 g/mol. The summed E-state index contributed by atoms with van der Waals surface area (Å²) in [6, 6.07) is 0. The number of nitrogens with zero attached hydrogens (tertiary/aromatic N) is 1. The van der Waals surface area contributed by atoms with E-state index in [1.54, 1.807) is 7.11 Å². The van der Waals surface area contributed by atoms with Crippen molar-refractivity contribution >= 4 is 0 Å². The number of ether oxygens (including phenoxy) is 1. The molecule has 0 fully saturated rings. The summed E-state index contributed by atoms with van der Waals surface area (Å²) in [4.78, 5) is 3.13. The lowest BCUT2D eigenvalue weighted by Crippen LogP contribution is -2.35. The molecule has 0 saturated heterocycles. The average molecular weight is 155 g/mol. The van der Waals surface area contributed by atoms with Gasteiger partial charge in [-0.3, -0.25) is 0 Å². The van der Waals surface area contributed by atoms with Gasteiger partial charge in [-0.15, -0.1) is 0 Å². The Bertz CT molecular complexity index is 187. The van der Waals surface area contributed by atoms with Crippen LogP contribution in [0, 0.1) is 0 Å². The Morgan fingerprint density at radius 3 is 3.09 bits per heavy atom. The van der Waals surface area contributed by atoms with Crippen LogP contribution in [0.4, 0.5) is 0 Å². The molecule has 62 valence electrons. The highest BCUT2D eigenvalue weighted by atomic mass is 16.5. The molecule has 0 aliphatic carbocycles. The first-order valence-electron chi connectivity index (χ1n) is 3.93.